The molecule has 2 aliphatic heterocycles. The van der Waals surface area contributed by atoms with Crippen LogP contribution in [0, 0.1) is 13.8 Å². The third-order valence-electron chi connectivity index (χ3n) is 17.8. The molecule has 5 amide bonds. The molecule has 2 aromatic carbocycles. The van der Waals surface area contributed by atoms with Crippen molar-refractivity contribution in [2.45, 2.75) is 126 Å². The maximum Gasteiger partial charge on any atom is 0.323 e. The number of aromatic amines is 1. The molecular formula is C70H111N15O29S3. The van der Waals surface area contributed by atoms with E-state index in [9.17, 15) is 82.2 Å². The standard InChI is InChI=1S/C40H58N8O10S.C30H53N7O19S2/c1-4-5-17-55-20-22-57-23-21-56-18-8-13-41-36(49)9-6-19-58-33-24-29(2)37(30(3)25-33)59(53,54)47-34(39(51)52)28-45-38(50)31-10-11-35-32(26-31)27-46-48(35)16-7-12-42-40-43-14-15-44-40;1-31-29(48)19(2-3-21(38)32-4-13-51-30-27(47)28(58-56-54-50)26(46)20(52-30)18-57-55-53-49)33-22(39)14-34-5-7-35(15-23(40)41)9-11-37(17-25(44)45)12-10-36(8-6-34)16-24(42)43/h10-11,14-15,24-27,34,47H,4-9,12-13,16-23,28H2,1-3H3,(H,41,49)(H,45,50)(H,51,52)(H2,42,43,44);19-20,26-28,30,46-47,49-50H,2-18H2,1H3,(H,31,48)(H,32,38)(H,33,39)(H,40,41)(H,42,43)(H,44,45)/t;19-,20?,26?,27?,28?,30?/m.1/s1. The first-order chi connectivity index (χ1) is 56.1. The Balaban J connectivity index is 0.000000417. The number of carbonyl (C=O) groups is 9. The lowest BCUT2D eigenvalue weighted by Crippen LogP contribution is -2.58. The van der Waals surface area contributed by atoms with E-state index in [2.05, 4.69) is 77.4 Å². The molecule has 0 aliphatic carbocycles. The predicted molar refractivity (Wildman–Crippen MR) is 418 cm³/mol. The lowest BCUT2D eigenvalue weighted by Gasteiger charge is -2.41. The van der Waals surface area contributed by atoms with Crippen LogP contribution in [-0.4, -0.2) is 355 Å². The number of carboxylic acid groups (broad SMARTS) is 4. The zero-order chi connectivity index (χ0) is 85.5. The van der Waals surface area contributed by atoms with Gasteiger partial charge in [0, 0.05) is 166 Å². The second-order valence-corrected chi connectivity index (χ2v) is 30.0. The number of nitrogens with zero attached hydrogens (tertiary/aromatic N) is 7. The summed E-state index contributed by atoms with van der Waals surface area (Å²) in [6.07, 6.45) is 3.70. The van der Waals surface area contributed by atoms with Gasteiger partial charge in [-0.1, -0.05) is 23.4 Å². The number of hydrogen-bond acceptors (Lipinski definition) is 34. The van der Waals surface area contributed by atoms with Gasteiger partial charge in [0.15, 0.2) is 12.2 Å². The maximum absolute atomic E-state index is 13.5. The zero-order valence-corrected chi connectivity index (χ0v) is 68.2. The number of H-pyrrole nitrogens is 1. The minimum Gasteiger partial charge on any atom is -0.494 e. The Morgan fingerprint density at radius 1 is 0.667 bits per heavy atom. The van der Waals surface area contributed by atoms with Crippen molar-refractivity contribution in [3.05, 3.63) is 65.6 Å². The number of amides is 5. The second kappa shape index (κ2) is 55.6. The van der Waals surface area contributed by atoms with Gasteiger partial charge >= 0.3 is 23.9 Å². The summed E-state index contributed by atoms with van der Waals surface area (Å²) in [5.74, 6) is -6.13. The number of aliphatic hydroxyl groups excluding tert-OH is 2. The van der Waals surface area contributed by atoms with E-state index < -0.39 is 106 Å². The van der Waals surface area contributed by atoms with Crippen LogP contribution < -0.4 is 41.4 Å². The van der Waals surface area contributed by atoms with E-state index in [0.717, 1.165) is 36.8 Å². The summed E-state index contributed by atoms with van der Waals surface area (Å²) in [6.45, 7) is 10.1. The molecule has 6 unspecified atom stereocenters. The number of sulfonamides is 1. The number of aliphatic hydroxyl groups is 2. The normalized spacial score (nSPS) is 17.9. The molecule has 2 aliphatic rings. The topological polar surface area (TPSA) is 586 Å². The van der Waals surface area contributed by atoms with E-state index >= 15 is 0 Å². The number of ether oxygens (including phenoxy) is 6. The average molecular weight is 1720 g/mol. The van der Waals surface area contributed by atoms with E-state index in [4.69, 9.17) is 38.9 Å². The van der Waals surface area contributed by atoms with Crippen molar-refractivity contribution < 1.29 is 140 Å². The third kappa shape index (κ3) is 38.7. The van der Waals surface area contributed by atoms with E-state index in [1.165, 1.54) is 7.05 Å². The van der Waals surface area contributed by atoms with E-state index in [1.807, 2.05) is 4.68 Å². The highest BCUT2D eigenvalue weighted by Gasteiger charge is 2.47. The number of aryl methyl sites for hydroxylation is 3. The molecule has 0 radical (unpaired) electrons. The summed E-state index contributed by atoms with van der Waals surface area (Å²) < 4.78 is 73.0. The van der Waals surface area contributed by atoms with Gasteiger partial charge in [-0.15, -0.1) is 8.67 Å². The van der Waals surface area contributed by atoms with Crippen molar-refractivity contribution in [3.8, 4) is 5.75 Å². The van der Waals surface area contributed by atoms with Gasteiger partial charge in [-0.25, -0.2) is 23.9 Å². The van der Waals surface area contributed by atoms with Crippen molar-refractivity contribution >= 4 is 104 Å². The zero-order valence-electron chi connectivity index (χ0n) is 65.7. The summed E-state index contributed by atoms with van der Waals surface area (Å²) in [5.41, 5.74) is 1.77. The molecule has 44 nitrogen and oxygen atoms in total. The smallest absolute Gasteiger partial charge is 0.323 e. The highest BCUT2D eigenvalue weighted by atomic mass is 32.2. The molecule has 4 heterocycles. The van der Waals surface area contributed by atoms with Crippen LogP contribution in [0.5, 0.6) is 5.75 Å². The first-order valence-electron chi connectivity index (χ1n) is 37.8. The summed E-state index contributed by atoms with van der Waals surface area (Å²) in [6, 6.07) is 5.31. The molecular weight excluding hydrogens is 1610 g/mol. The van der Waals surface area contributed by atoms with Gasteiger partial charge < -0.3 is 95.9 Å². The molecule has 47 heteroatoms. The van der Waals surface area contributed by atoms with Gasteiger partial charge in [-0.3, -0.25) is 67.4 Å². The van der Waals surface area contributed by atoms with Crippen LogP contribution in [0.1, 0.15) is 79.8 Å². The molecule has 658 valence electrons. The number of anilines is 1. The minimum atomic E-state index is -4.34. The lowest BCUT2D eigenvalue weighted by atomic mass is 10.0. The fraction of sp³-hybridized carbons (Fsp3) is 0.643. The Kier molecular flexibility index (Phi) is 47.3. The number of likely N-dealkylation sites (N-methyl/N-ethyl adjacent to an activating group) is 1. The van der Waals surface area contributed by atoms with Crippen molar-refractivity contribution in [2.75, 3.05) is 176 Å². The first-order valence-corrected chi connectivity index (χ1v) is 41.0. The Bertz CT molecular complexity index is 3730. The molecule has 0 bridgehead atoms. The Hall–Kier alpha value is -8.12. The van der Waals surface area contributed by atoms with Crippen molar-refractivity contribution in [1.82, 2.24) is 70.7 Å². The number of imidazole rings is 1. The van der Waals surface area contributed by atoms with Crippen molar-refractivity contribution in [3.63, 3.8) is 0 Å². The van der Waals surface area contributed by atoms with Crippen LogP contribution in [0.4, 0.5) is 5.95 Å². The van der Waals surface area contributed by atoms with Gasteiger partial charge in [0.1, 0.15) is 23.9 Å². The summed E-state index contributed by atoms with van der Waals surface area (Å²) in [4.78, 5) is 124. The van der Waals surface area contributed by atoms with Crippen molar-refractivity contribution in [2.24, 2.45) is 0 Å². The van der Waals surface area contributed by atoms with E-state index in [0.29, 0.717) is 112 Å². The van der Waals surface area contributed by atoms with E-state index in [1.54, 1.807) is 82.4 Å². The fourth-order valence-electron chi connectivity index (χ4n) is 11.9. The number of carboxylic acids is 4. The average Bonchev–Trinajstić information content (AvgIpc) is 0.822. The number of aliphatic carboxylic acids is 4. The van der Waals surface area contributed by atoms with Gasteiger partial charge in [0.2, 0.25) is 33.7 Å². The molecule has 117 heavy (non-hydrogen) atoms. The largest absolute Gasteiger partial charge is 0.494 e. The molecule has 6 rings (SSSR count). The molecule has 2 aromatic heterocycles. The SMILES string of the molecule is CCCCOCCOCCOCCCNC(=O)CCCOc1cc(C)c(S(=O)(=O)NC(CNC(=O)c2ccc3c(cnn3CCCNc3ncc[nH]3)c2)C(=O)O)c(C)c1.CNC(=O)[C@@H](CCC(=O)NCCOC1OC(CSOOO)C(O)C(SOOO)C1O)NC(=O)CN1CCN(CC(=O)O)CCN(CC(=O)O)CCN(CC(=O)O)CC1. The van der Waals surface area contributed by atoms with Gasteiger partial charge in [0.25, 0.3) is 5.91 Å². The quantitative estimate of drug-likeness (QED) is 0.0110. The van der Waals surface area contributed by atoms with Crippen LogP contribution in [-0.2, 0) is 97.4 Å². The van der Waals surface area contributed by atoms with Crippen molar-refractivity contribution in [1.29, 1.82) is 0 Å². The van der Waals surface area contributed by atoms with Gasteiger partial charge in [-0.2, -0.15) is 9.82 Å². The molecule has 4 aromatic rings. The van der Waals surface area contributed by atoms with Crippen LogP contribution >= 0.6 is 24.1 Å². The summed E-state index contributed by atoms with van der Waals surface area (Å²) in [5, 5.41) is 103. The van der Waals surface area contributed by atoms with Crippen LogP contribution in [0.3, 0.4) is 0 Å². The van der Waals surface area contributed by atoms with Gasteiger partial charge in [0.05, 0.1) is 106 Å². The number of carbonyl (C=O) groups excluding carboxylic acids is 5. The number of rotatable bonds is 54. The Morgan fingerprint density at radius 3 is 1.83 bits per heavy atom. The Labute approximate surface area is 684 Å². The van der Waals surface area contributed by atoms with Crippen LogP contribution in [0.2, 0.25) is 0 Å². The Morgan fingerprint density at radius 2 is 1.26 bits per heavy atom. The monoisotopic (exact) mass is 1720 g/mol. The molecule has 0 saturated carbocycles. The van der Waals surface area contributed by atoms with Gasteiger partial charge in [-0.05, 0) is 87.4 Å². The number of hydrogen-bond donors (Lipinski definition) is 16. The highest BCUT2D eigenvalue weighted by Crippen LogP contribution is 2.33. The number of unbranched alkanes of at least 4 members (excludes halogenated alkanes) is 1. The molecule has 2 saturated heterocycles. The maximum atomic E-state index is 13.5. The molecule has 16 N–H and O–H groups in total. The number of fused-ring (bicyclic) bond motifs is 1. The summed E-state index contributed by atoms with van der Waals surface area (Å²) >= 11 is 0.948. The number of aromatic nitrogens is 4. The first kappa shape index (κ1) is 99.4. The number of benzene rings is 2. The third-order valence-corrected chi connectivity index (χ3v) is 21.1. The predicted octanol–water partition coefficient (Wildman–Crippen LogP) is -0.885. The van der Waals surface area contributed by atoms with Crippen LogP contribution in [0.15, 0.2) is 53.8 Å². The molecule has 7 atom stereocenters. The fourth-order valence-corrected chi connectivity index (χ4v) is 14.7. The molecule has 0 spiro atoms. The highest BCUT2D eigenvalue weighted by molar-refractivity contribution is 7.95. The van der Waals surface area contributed by atoms with Crippen LogP contribution in [0.25, 0.3) is 10.9 Å². The second-order valence-electron chi connectivity index (χ2n) is 26.7. The van der Waals surface area contributed by atoms with E-state index in [-0.39, 0.29) is 140 Å². The minimum absolute atomic E-state index is 0.0927. The number of nitrogens with one attached hydrogen (secondary N) is 8. The summed E-state index contributed by atoms with van der Waals surface area (Å²) in [7, 11) is -2.98. The molecule has 2 fully saturated rings. The lowest BCUT2D eigenvalue weighted by molar-refractivity contribution is -0.433.